The highest BCUT2D eigenvalue weighted by Gasteiger charge is 2.26. The molecule has 0 radical (unpaired) electrons. The maximum absolute atomic E-state index is 13.3. The summed E-state index contributed by atoms with van der Waals surface area (Å²) in [5.74, 6) is -1.02. The van der Waals surface area contributed by atoms with E-state index in [1.807, 2.05) is 0 Å². The first kappa shape index (κ1) is 18.1. The molecule has 128 valence electrons. The van der Waals surface area contributed by atoms with Gasteiger partial charge in [0.15, 0.2) is 11.6 Å². The predicted octanol–water partition coefficient (Wildman–Crippen LogP) is 2.29. The molecular formula is C16H21ClF2N2O2. The van der Waals surface area contributed by atoms with E-state index in [4.69, 9.17) is 4.74 Å². The van der Waals surface area contributed by atoms with Gasteiger partial charge in [-0.3, -0.25) is 4.79 Å². The molecule has 4 nitrogen and oxygen atoms in total. The number of halogens is 3. The van der Waals surface area contributed by atoms with Gasteiger partial charge in [0.2, 0.25) is 5.91 Å². The summed E-state index contributed by atoms with van der Waals surface area (Å²) in [6, 6.07) is 3.73. The summed E-state index contributed by atoms with van der Waals surface area (Å²) in [5, 5.41) is 3.17. The molecule has 1 unspecified atom stereocenters. The first-order valence-electron chi connectivity index (χ1n) is 7.68. The second kappa shape index (κ2) is 8.04. The molecule has 1 aliphatic carbocycles. The molecule has 1 aromatic rings. The number of carbonyl (C=O) groups excluding carboxylic acids is 1. The summed E-state index contributed by atoms with van der Waals surface area (Å²) in [6.07, 6.45) is 2.09. The van der Waals surface area contributed by atoms with Crippen molar-refractivity contribution in [1.29, 1.82) is 0 Å². The van der Waals surface area contributed by atoms with Gasteiger partial charge in [0, 0.05) is 6.54 Å². The molecule has 1 saturated carbocycles. The Bertz CT molecular complexity index is 555. The van der Waals surface area contributed by atoms with Crippen molar-refractivity contribution in [3.63, 3.8) is 0 Å². The Balaban J connectivity index is 0.00000192. The molecule has 1 heterocycles. The third-order valence-electron chi connectivity index (χ3n) is 4.14. The Kier molecular flexibility index (Phi) is 6.33. The van der Waals surface area contributed by atoms with Crippen LogP contribution in [0.15, 0.2) is 18.2 Å². The van der Waals surface area contributed by atoms with Gasteiger partial charge in [0.1, 0.15) is 6.10 Å². The standard InChI is InChI=1S/C16H20F2N2O2.ClH/c17-13-4-3-12(7-14(13)18)15-10-20(5-6-22-15)16(21)9-19-8-11-1-2-11;/h3-4,7,11,15,19H,1-2,5-6,8-10H2;1H. The van der Waals surface area contributed by atoms with Crippen LogP contribution < -0.4 is 5.32 Å². The van der Waals surface area contributed by atoms with Crippen LogP contribution in [0.1, 0.15) is 24.5 Å². The predicted molar refractivity (Wildman–Crippen MR) is 84.5 cm³/mol. The van der Waals surface area contributed by atoms with Gasteiger partial charge in [-0.25, -0.2) is 8.78 Å². The van der Waals surface area contributed by atoms with Gasteiger partial charge in [-0.1, -0.05) is 6.07 Å². The van der Waals surface area contributed by atoms with Gasteiger partial charge in [-0.15, -0.1) is 12.4 Å². The average Bonchev–Trinajstić information content (AvgIpc) is 3.34. The van der Waals surface area contributed by atoms with Gasteiger partial charge in [0.25, 0.3) is 0 Å². The van der Waals surface area contributed by atoms with Gasteiger partial charge < -0.3 is 15.0 Å². The van der Waals surface area contributed by atoms with Gasteiger partial charge >= 0.3 is 0 Å². The lowest BCUT2D eigenvalue weighted by atomic mass is 10.1. The molecule has 7 heteroatoms. The minimum atomic E-state index is -0.893. The van der Waals surface area contributed by atoms with Gasteiger partial charge in [0.05, 0.1) is 19.7 Å². The maximum Gasteiger partial charge on any atom is 0.236 e. The van der Waals surface area contributed by atoms with E-state index in [-0.39, 0.29) is 18.3 Å². The normalized spacial score (nSPS) is 21.0. The van der Waals surface area contributed by atoms with Crippen molar-refractivity contribution >= 4 is 18.3 Å². The SMILES string of the molecule is Cl.O=C(CNCC1CC1)N1CCOC(c2ccc(F)c(F)c2)C1. The van der Waals surface area contributed by atoms with Crippen LogP contribution in [0.3, 0.4) is 0 Å². The van der Waals surface area contributed by atoms with Crippen LogP contribution >= 0.6 is 12.4 Å². The lowest BCUT2D eigenvalue weighted by Gasteiger charge is -2.33. The first-order valence-corrected chi connectivity index (χ1v) is 7.68. The van der Waals surface area contributed by atoms with Crippen molar-refractivity contribution in [2.24, 2.45) is 5.92 Å². The molecule has 1 amide bonds. The molecule has 0 aromatic heterocycles. The van der Waals surface area contributed by atoms with Crippen molar-refractivity contribution in [2.45, 2.75) is 18.9 Å². The number of rotatable bonds is 5. The number of benzene rings is 1. The van der Waals surface area contributed by atoms with E-state index >= 15 is 0 Å². The van der Waals surface area contributed by atoms with Crippen molar-refractivity contribution < 1.29 is 18.3 Å². The summed E-state index contributed by atoms with van der Waals surface area (Å²) in [7, 11) is 0. The molecule has 1 aliphatic heterocycles. The zero-order valence-corrected chi connectivity index (χ0v) is 13.6. The first-order chi connectivity index (χ1) is 10.6. The van der Waals surface area contributed by atoms with Crippen LogP contribution in [0.4, 0.5) is 8.78 Å². The molecule has 1 saturated heterocycles. The van der Waals surface area contributed by atoms with Crippen molar-refractivity contribution in [1.82, 2.24) is 10.2 Å². The number of hydrogen-bond donors (Lipinski definition) is 1. The quantitative estimate of drug-likeness (QED) is 0.889. The molecular weight excluding hydrogens is 326 g/mol. The fourth-order valence-electron chi connectivity index (χ4n) is 2.61. The molecule has 3 rings (SSSR count). The van der Waals surface area contributed by atoms with Gasteiger partial charge in [-0.2, -0.15) is 0 Å². The highest BCUT2D eigenvalue weighted by Crippen LogP contribution is 2.27. The smallest absolute Gasteiger partial charge is 0.236 e. The summed E-state index contributed by atoms with van der Waals surface area (Å²) in [5.41, 5.74) is 0.558. The van der Waals surface area contributed by atoms with E-state index in [0.29, 0.717) is 31.8 Å². The zero-order valence-electron chi connectivity index (χ0n) is 12.8. The number of ether oxygens (including phenoxy) is 1. The molecule has 23 heavy (non-hydrogen) atoms. The Morgan fingerprint density at radius 3 is 2.78 bits per heavy atom. The number of amides is 1. The van der Waals surface area contributed by atoms with E-state index in [0.717, 1.165) is 24.6 Å². The van der Waals surface area contributed by atoms with E-state index in [2.05, 4.69) is 5.32 Å². The molecule has 0 bridgehead atoms. The largest absolute Gasteiger partial charge is 0.370 e. The number of nitrogens with one attached hydrogen (secondary N) is 1. The maximum atomic E-state index is 13.3. The van der Waals surface area contributed by atoms with Crippen LogP contribution in [-0.2, 0) is 9.53 Å². The van der Waals surface area contributed by atoms with Crippen molar-refractivity contribution in [3.05, 3.63) is 35.4 Å². The third-order valence-corrected chi connectivity index (χ3v) is 4.14. The monoisotopic (exact) mass is 346 g/mol. The molecule has 0 spiro atoms. The molecule has 2 aliphatic rings. The number of carbonyl (C=O) groups is 1. The minimum absolute atomic E-state index is 0. The van der Waals surface area contributed by atoms with E-state index in [9.17, 15) is 13.6 Å². The Labute approximate surface area is 140 Å². The second-order valence-electron chi connectivity index (χ2n) is 5.95. The van der Waals surface area contributed by atoms with Crippen LogP contribution in [0.2, 0.25) is 0 Å². The summed E-state index contributed by atoms with van der Waals surface area (Å²) in [4.78, 5) is 13.9. The van der Waals surface area contributed by atoms with E-state index in [1.54, 1.807) is 4.90 Å². The lowest BCUT2D eigenvalue weighted by Crippen LogP contribution is -2.46. The summed E-state index contributed by atoms with van der Waals surface area (Å²) < 4.78 is 31.9. The van der Waals surface area contributed by atoms with Crippen LogP contribution in [0.5, 0.6) is 0 Å². The summed E-state index contributed by atoms with van der Waals surface area (Å²) in [6.45, 7) is 2.51. The van der Waals surface area contributed by atoms with E-state index in [1.165, 1.54) is 18.9 Å². The van der Waals surface area contributed by atoms with Crippen LogP contribution in [0.25, 0.3) is 0 Å². The highest BCUT2D eigenvalue weighted by molar-refractivity contribution is 5.85. The average molecular weight is 347 g/mol. The molecule has 1 N–H and O–H groups in total. The molecule has 2 fully saturated rings. The minimum Gasteiger partial charge on any atom is -0.370 e. The van der Waals surface area contributed by atoms with Crippen LogP contribution in [-0.4, -0.2) is 43.6 Å². The lowest BCUT2D eigenvalue weighted by molar-refractivity contribution is -0.138. The van der Waals surface area contributed by atoms with Crippen molar-refractivity contribution in [2.75, 3.05) is 32.8 Å². The zero-order chi connectivity index (χ0) is 15.5. The summed E-state index contributed by atoms with van der Waals surface area (Å²) >= 11 is 0. The molecule has 1 atom stereocenters. The van der Waals surface area contributed by atoms with Gasteiger partial charge in [-0.05, 0) is 43.0 Å². The highest BCUT2D eigenvalue weighted by atomic mass is 35.5. The third kappa shape index (κ3) is 4.86. The Hall–Kier alpha value is -1.24. The topological polar surface area (TPSA) is 41.6 Å². The number of hydrogen-bond acceptors (Lipinski definition) is 3. The number of morpholine rings is 1. The fourth-order valence-corrected chi connectivity index (χ4v) is 2.61. The fraction of sp³-hybridized carbons (Fsp3) is 0.562. The van der Waals surface area contributed by atoms with Crippen molar-refractivity contribution in [3.8, 4) is 0 Å². The molecule has 1 aromatic carbocycles. The van der Waals surface area contributed by atoms with Crippen LogP contribution in [0, 0.1) is 17.6 Å². The Morgan fingerprint density at radius 1 is 1.30 bits per heavy atom. The van der Waals surface area contributed by atoms with E-state index < -0.39 is 17.7 Å². The second-order valence-corrected chi connectivity index (χ2v) is 5.95. The number of nitrogens with zero attached hydrogens (tertiary/aromatic N) is 1. The Morgan fingerprint density at radius 2 is 2.09 bits per heavy atom.